The smallest absolute Gasteiger partial charge is 0.244 e. The third-order valence-corrected chi connectivity index (χ3v) is 2.43. The maximum Gasteiger partial charge on any atom is 0.244 e. The summed E-state index contributed by atoms with van der Waals surface area (Å²) >= 11 is 0. The van der Waals surface area contributed by atoms with Crippen molar-refractivity contribution in [2.24, 2.45) is 0 Å². The SMILES string of the molecule is O=C1C[C@@H](N2CCOCC2)C(=O)N1. The molecule has 0 aromatic heterocycles. The predicted molar refractivity (Wildman–Crippen MR) is 43.9 cm³/mol. The van der Waals surface area contributed by atoms with Gasteiger partial charge >= 0.3 is 0 Å². The summed E-state index contributed by atoms with van der Waals surface area (Å²) in [5, 5.41) is 2.30. The molecule has 0 bridgehead atoms. The molecule has 0 spiro atoms. The Hall–Kier alpha value is -0.940. The van der Waals surface area contributed by atoms with E-state index < -0.39 is 0 Å². The normalized spacial score (nSPS) is 30.6. The van der Waals surface area contributed by atoms with Gasteiger partial charge in [-0.1, -0.05) is 0 Å². The van der Waals surface area contributed by atoms with Crippen LogP contribution in [0, 0.1) is 0 Å². The molecule has 2 aliphatic rings. The molecule has 0 aromatic rings. The van der Waals surface area contributed by atoms with Crippen molar-refractivity contribution in [1.29, 1.82) is 0 Å². The molecule has 0 unspecified atom stereocenters. The summed E-state index contributed by atoms with van der Waals surface area (Å²) in [5.74, 6) is -0.326. The number of morpholine rings is 1. The third kappa shape index (κ3) is 1.71. The van der Waals surface area contributed by atoms with Crippen molar-refractivity contribution in [2.75, 3.05) is 26.3 Å². The molecule has 1 atom stereocenters. The van der Waals surface area contributed by atoms with Crippen LogP contribution in [0.4, 0.5) is 0 Å². The second-order valence-corrected chi connectivity index (χ2v) is 3.28. The molecule has 0 saturated carbocycles. The van der Waals surface area contributed by atoms with Gasteiger partial charge in [0, 0.05) is 13.1 Å². The lowest BCUT2D eigenvalue weighted by molar-refractivity contribution is -0.127. The molecule has 2 saturated heterocycles. The first kappa shape index (κ1) is 8.65. The Kier molecular flexibility index (Phi) is 2.28. The summed E-state index contributed by atoms with van der Waals surface area (Å²) in [7, 11) is 0. The Balaban J connectivity index is 1.99. The van der Waals surface area contributed by atoms with Crippen molar-refractivity contribution in [1.82, 2.24) is 10.2 Å². The van der Waals surface area contributed by atoms with Gasteiger partial charge in [0.15, 0.2) is 0 Å². The second kappa shape index (κ2) is 3.43. The Morgan fingerprint density at radius 3 is 2.54 bits per heavy atom. The molecule has 2 rings (SSSR count). The highest BCUT2D eigenvalue weighted by atomic mass is 16.5. The molecule has 0 aliphatic carbocycles. The van der Waals surface area contributed by atoms with E-state index >= 15 is 0 Å². The summed E-state index contributed by atoms with van der Waals surface area (Å²) in [6.07, 6.45) is 0.304. The van der Waals surface area contributed by atoms with Crippen LogP contribution in [0.5, 0.6) is 0 Å². The lowest BCUT2D eigenvalue weighted by Crippen LogP contribution is -2.46. The molecule has 5 nitrogen and oxygen atoms in total. The predicted octanol–water partition coefficient (Wildman–Crippen LogP) is -1.27. The van der Waals surface area contributed by atoms with Gasteiger partial charge in [-0.2, -0.15) is 0 Å². The summed E-state index contributed by atoms with van der Waals surface area (Å²) in [6, 6.07) is -0.253. The third-order valence-electron chi connectivity index (χ3n) is 2.43. The van der Waals surface area contributed by atoms with Gasteiger partial charge in [-0.15, -0.1) is 0 Å². The minimum Gasteiger partial charge on any atom is -0.379 e. The fourth-order valence-corrected chi connectivity index (χ4v) is 1.72. The fourth-order valence-electron chi connectivity index (χ4n) is 1.72. The van der Waals surface area contributed by atoms with E-state index in [4.69, 9.17) is 4.74 Å². The number of ether oxygens (including phenoxy) is 1. The number of carbonyl (C=O) groups is 2. The molecule has 5 heteroatoms. The molecule has 2 heterocycles. The summed E-state index contributed by atoms with van der Waals surface area (Å²) in [6.45, 7) is 2.78. The van der Waals surface area contributed by atoms with Crippen LogP contribution in [0.1, 0.15) is 6.42 Å². The van der Waals surface area contributed by atoms with Crippen LogP contribution in [-0.2, 0) is 14.3 Å². The van der Waals surface area contributed by atoms with Gasteiger partial charge < -0.3 is 4.74 Å². The van der Waals surface area contributed by atoms with Crippen LogP contribution in [0.15, 0.2) is 0 Å². The summed E-state index contributed by atoms with van der Waals surface area (Å²) in [4.78, 5) is 24.2. The molecule has 72 valence electrons. The van der Waals surface area contributed by atoms with E-state index in [9.17, 15) is 9.59 Å². The van der Waals surface area contributed by atoms with Gasteiger partial charge in [0.05, 0.1) is 25.7 Å². The largest absolute Gasteiger partial charge is 0.379 e. The van der Waals surface area contributed by atoms with E-state index in [1.807, 2.05) is 4.90 Å². The van der Waals surface area contributed by atoms with E-state index in [0.717, 1.165) is 13.1 Å². The minimum atomic E-state index is -0.253. The highest BCUT2D eigenvalue weighted by Gasteiger charge is 2.35. The molecule has 2 aliphatic heterocycles. The van der Waals surface area contributed by atoms with Gasteiger partial charge in [-0.05, 0) is 0 Å². The van der Waals surface area contributed by atoms with Crippen molar-refractivity contribution in [3.8, 4) is 0 Å². The van der Waals surface area contributed by atoms with Crippen molar-refractivity contribution in [2.45, 2.75) is 12.5 Å². The first-order valence-corrected chi connectivity index (χ1v) is 4.43. The summed E-state index contributed by atoms with van der Waals surface area (Å²) < 4.78 is 5.16. The Morgan fingerprint density at radius 1 is 1.31 bits per heavy atom. The number of nitrogens with zero attached hydrogens (tertiary/aromatic N) is 1. The number of hydrogen-bond donors (Lipinski definition) is 1. The number of hydrogen-bond acceptors (Lipinski definition) is 4. The molecular formula is C8H12N2O3. The molecule has 1 N–H and O–H groups in total. The second-order valence-electron chi connectivity index (χ2n) is 3.28. The quantitative estimate of drug-likeness (QED) is 0.516. The highest BCUT2D eigenvalue weighted by Crippen LogP contribution is 2.12. The monoisotopic (exact) mass is 184 g/mol. The van der Waals surface area contributed by atoms with Gasteiger partial charge in [0.25, 0.3) is 0 Å². The van der Waals surface area contributed by atoms with Crippen molar-refractivity contribution in [3.05, 3.63) is 0 Å². The lowest BCUT2D eigenvalue weighted by Gasteiger charge is -2.29. The van der Waals surface area contributed by atoms with Gasteiger partial charge in [-0.25, -0.2) is 0 Å². The molecular weight excluding hydrogens is 172 g/mol. The lowest BCUT2D eigenvalue weighted by atomic mass is 10.2. The van der Waals surface area contributed by atoms with Crippen molar-refractivity contribution >= 4 is 11.8 Å². The highest BCUT2D eigenvalue weighted by molar-refractivity contribution is 6.05. The molecule has 0 radical (unpaired) electrons. The molecule has 2 fully saturated rings. The van der Waals surface area contributed by atoms with E-state index in [2.05, 4.69) is 5.32 Å². The zero-order chi connectivity index (χ0) is 9.26. The molecule has 2 amide bonds. The first-order chi connectivity index (χ1) is 6.27. The Labute approximate surface area is 76.0 Å². The Bertz CT molecular complexity index is 236. The van der Waals surface area contributed by atoms with Crippen LogP contribution in [0.3, 0.4) is 0 Å². The Morgan fingerprint density at radius 2 is 2.00 bits per heavy atom. The maximum absolute atomic E-state index is 11.3. The maximum atomic E-state index is 11.3. The fraction of sp³-hybridized carbons (Fsp3) is 0.750. The van der Waals surface area contributed by atoms with Crippen LogP contribution in [0.2, 0.25) is 0 Å². The number of nitrogens with one attached hydrogen (secondary N) is 1. The van der Waals surface area contributed by atoms with Crippen LogP contribution in [0.25, 0.3) is 0 Å². The van der Waals surface area contributed by atoms with Crippen molar-refractivity contribution < 1.29 is 14.3 Å². The number of amides is 2. The van der Waals surface area contributed by atoms with Gasteiger partial charge in [0.2, 0.25) is 11.8 Å². The average molecular weight is 184 g/mol. The average Bonchev–Trinajstić information content (AvgIpc) is 2.47. The molecule has 13 heavy (non-hydrogen) atoms. The topological polar surface area (TPSA) is 58.6 Å². The number of carbonyl (C=O) groups excluding carboxylic acids is 2. The minimum absolute atomic E-state index is 0.160. The standard InChI is InChI=1S/C8H12N2O3/c11-7-5-6(8(12)9-7)10-1-3-13-4-2-10/h6H,1-5H2,(H,9,11,12)/t6-/m1/s1. The zero-order valence-corrected chi connectivity index (χ0v) is 7.28. The van der Waals surface area contributed by atoms with Crippen LogP contribution in [-0.4, -0.2) is 49.1 Å². The first-order valence-electron chi connectivity index (χ1n) is 4.43. The summed E-state index contributed by atoms with van der Waals surface area (Å²) in [5.41, 5.74) is 0. The van der Waals surface area contributed by atoms with E-state index in [-0.39, 0.29) is 17.9 Å². The van der Waals surface area contributed by atoms with Crippen LogP contribution >= 0.6 is 0 Å². The van der Waals surface area contributed by atoms with Gasteiger partial charge in [-0.3, -0.25) is 19.8 Å². The molecule has 0 aromatic carbocycles. The number of rotatable bonds is 1. The van der Waals surface area contributed by atoms with E-state index in [1.165, 1.54) is 0 Å². The van der Waals surface area contributed by atoms with E-state index in [0.29, 0.717) is 19.6 Å². The van der Waals surface area contributed by atoms with Crippen molar-refractivity contribution in [3.63, 3.8) is 0 Å². The van der Waals surface area contributed by atoms with E-state index in [1.54, 1.807) is 0 Å². The van der Waals surface area contributed by atoms with Gasteiger partial charge in [0.1, 0.15) is 0 Å². The zero-order valence-electron chi connectivity index (χ0n) is 7.28. The number of imide groups is 1. The van der Waals surface area contributed by atoms with Crippen LogP contribution < -0.4 is 5.32 Å².